The number of piperidine rings is 1. The fourth-order valence-electron chi connectivity index (χ4n) is 2.53. The summed E-state index contributed by atoms with van der Waals surface area (Å²) in [6.07, 6.45) is 2.52. The molecule has 0 amide bonds. The molecule has 0 aliphatic carbocycles. The second-order valence-electron chi connectivity index (χ2n) is 5.15. The highest BCUT2D eigenvalue weighted by atomic mass is 19.1. The maximum Gasteiger partial charge on any atom is 0.123 e. The number of halogens is 1. The minimum Gasteiger partial charge on any atom is -0.492 e. The summed E-state index contributed by atoms with van der Waals surface area (Å²) in [5, 5.41) is 3.25. The fourth-order valence-corrected chi connectivity index (χ4v) is 2.53. The molecule has 19 heavy (non-hydrogen) atoms. The SMILES string of the molecule is CNCC1CCN(CCOc2ccc(F)cc2)CC1. The second-order valence-corrected chi connectivity index (χ2v) is 5.15. The molecule has 3 nitrogen and oxygen atoms in total. The van der Waals surface area contributed by atoms with Gasteiger partial charge in [-0.1, -0.05) is 0 Å². The number of nitrogens with one attached hydrogen (secondary N) is 1. The number of hydrogen-bond donors (Lipinski definition) is 1. The summed E-state index contributed by atoms with van der Waals surface area (Å²) in [6.45, 7) is 5.05. The first-order chi connectivity index (χ1) is 9.28. The number of likely N-dealkylation sites (tertiary alicyclic amines) is 1. The molecule has 1 fully saturated rings. The summed E-state index contributed by atoms with van der Waals surface area (Å²) in [5.41, 5.74) is 0. The quantitative estimate of drug-likeness (QED) is 0.853. The molecule has 0 bridgehead atoms. The minimum atomic E-state index is -0.223. The minimum absolute atomic E-state index is 0.223. The van der Waals surface area contributed by atoms with Crippen LogP contribution in [0.4, 0.5) is 4.39 Å². The Morgan fingerprint density at radius 3 is 2.58 bits per heavy atom. The molecule has 1 saturated heterocycles. The lowest BCUT2D eigenvalue weighted by Gasteiger charge is -2.31. The third kappa shape index (κ3) is 4.80. The molecule has 0 atom stereocenters. The van der Waals surface area contributed by atoms with Gasteiger partial charge in [0.15, 0.2) is 0 Å². The third-order valence-electron chi connectivity index (χ3n) is 3.69. The second kappa shape index (κ2) is 7.46. The average molecular weight is 266 g/mol. The molecule has 0 radical (unpaired) electrons. The summed E-state index contributed by atoms with van der Waals surface area (Å²) >= 11 is 0. The van der Waals surface area contributed by atoms with Crippen LogP contribution in [0.2, 0.25) is 0 Å². The van der Waals surface area contributed by atoms with Crippen molar-refractivity contribution in [3.8, 4) is 5.75 Å². The Balaban J connectivity index is 1.63. The zero-order valence-corrected chi connectivity index (χ0v) is 11.6. The summed E-state index contributed by atoms with van der Waals surface area (Å²) in [4.78, 5) is 2.44. The van der Waals surface area contributed by atoms with Crippen LogP contribution in [0.15, 0.2) is 24.3 Å². The van der Waals surface area contributed by atoms with Crippen LogP contribution >= 0.6 is 0 Å². The first-order valence-corrected chi connectivity index (χ1v) is 7.03. The maximum absolute atomic E-state index is 12.7. The van der Waals surface area contributed by atoms with Crippen molar-refractivity contribution < 1.29 is 9.13 Å². The number of benzene rings is 1. The Labute approximate surface area is 114 Å². The normalized spacial score (nSPS) is 17.6. The number of hydrogen-bond acceptors (Lipinski definition) is 3. The molecule has 0 saturated carbocycles. The molecule has 1 aliphatic rings. The van der Waals surface area contributed by atoms with Gasteiger partial charge >= 0.3 is 0 Å². The number of rotatable bonds is 6. The van der Waals surface area contributed by atoms with E-state index in [9.17, 15) is 4.39 Å². The monoisotopic (exact) mass is 266 g/mol. The van der Waals surface area contributed by atoms with Gasteiger partial charge in [0.25, 0.3) is 0 Å². The van der Waals surface area contributed by atoms with Gasteiger partial charge in [0.05, 0.1) is 0 Å². The predicted molar refractivity (Wildman–Crippen MR) is 75.0 cm³/mol. The van der Waals surface area contributed by atoms with Crippen LogP contribution in [0.5, 0.6) is 5.75 Å². The molecule has 1 aliphatic heterocycles. The van der Waals surface area contributed by atoms with Gasteiger partial charge in [0, 0.05) is 6.54 Å². The van der Waals surface area contributed by atoms with Gasteiger partial charge in [-0.3, -0.25) is 4.90 Å². The van der Waals surface area contributed by atoms with E-state index in [1.165, 1.54) is 25.0 Å². The van der Waals surface area contributed by atoms with Gasteiger partial charge < -0.3 is 10.1 Å². The van der Waals surface area contributed by atoms with Crippen molar-refractivity contribution in [1.29, 1.82) is 0 Å². The number of ether oxygens (including phenoxy) is 1. The lowest BCUT2D eigenvalue weighted by atomic mass is 9.97. The highest BCUT2D eigenvalue weighted by molar-refractivity contribution is 5.21. The van der Waals surface area contributed by atoms with Crippen molar-refractivity contribution in [3.63, 3.8) is 0 Å². The van der Waals surface area contributed by atoms with Crippen LogP contribution in [0.3, 0.4) is 0 Å². The van der Waals surface area contributed by atoms with Crippen molar-refractivity contribution in [3.05, 3.63) is 30.1 Å². The third-order valence-corrected chi connectivity index (χ3v) is 3.69. The summed E-state index contributed by atoms with van der Waals surface area (Å²) in [5.74, 6) is 1.34. The molecular weight excluding hydrogens is 243 g/mol. The largest absolute Gasteiger partial charge is 0.492 e. The average Bonchev–Trinajstić information content (AvgIpc) is 2.43. The van der Waals surface area contributed by atoms with Gasteiger partial charge in [-0.05, 0) is 69.7 Å². The molecule has 0 unspecified atom stereocenters. The first kappa shape index (κ1) is 14.3. The van der Waals surface area contributed by atoms with Crippen LogP contribution in [0.1, 0.15) is 12.8 Å². The molecule has 0 aromatic heterocycles. The van der Waals surface area contributed by atoms with Crippen molar-refractivity contribution in [1.82, 2.24) is 10.2 Å². The molecule has 1 heterocycles. The van der Waals surface area contributed by atoms with Gasteiger partial charge in [0.1, 0.15) is 18.2 Å². The maximum atomic E-state index is 12.7. The Morgan fingerprint density at radius 1 is 1.26 bits per heavy atom. The van der Waals surface area contributed by atoms with Crippen molar-refractivity contribution in [2.45, 2.75) is 12.8 Å². The van der Waals surface area contributed by atoms with E-state index in [0.29, 0.717) is 6.61 Å². The summed E-state index contributed by atoms with van der Waals surface area (Å²) < 4.78 is 18.3. The van der Waals surface area contributed by atoms with Crippen LogP contribution in [0.25, 0.3) is 0 Å². The van der Waals surface area contributed by atoms with Crippen LogP contribution < -0.4 is 10.1 Å². The lowest BCUT2D eigenvalue weighted by molar-refractivity contribution is 0.154. The number of nitrogens with zero attached hydrogens (tertiary/aromatic N) is 1. The van der Waals surface area contributed by atoms with E-state index in [1.807, 2.05) is 7.05 Å². The van der Waals surface area contributed by atoms with Gasteiger partial charge in [0.2, 0.25) is 0 Å². The van der Waals surface area contributed by atoms with Crippen molar-refractivity contribution >= 4 is 0 Å². The molecule has 1 N–H and O–H groups in total. The summed E-state index contributed by atoms with van der Waals surface area (Å²) in [6, 6.07) is 6.21. The molecule has 2 rings (SSSR count). The van der Waals surface area contributed by atoms with Gasteiger partial charge in [-0.15, -0.1) is 0 Å². The topological polar surface area (TPSA) is 24.5 Å². The zero-order chi connectivity index (χ0) is 13.5. The van der Waals surface area contributed by atoms with Crippen molar-refractivity contribution in [2.24, 2.45) is 5.92 Å². The Bertz CT molecular complexity index is 361. The Morgan fingerprint density at radius 2 is 1.95 bits per heavy atom. The Hall–Kier alpha value is -1.13. The van der Waals surface area contributed by atoms with Gasteiger partial charge in [-0.25, -0.2) is 4.39 Å². The van der Waals surface area contributed by atoms with Crippen LogP contribution in [0, 0.1) is 11.7 Å². The van der Waals surface area contributed by atoms with E-state index in [0.717, 1.165) is 37.8 Å². The Kier molecular flexibility index (Phi) is 5.61. The van der Waals surface area contributed by atoms with Gasteiger partial charge in [-0.2, -0.15) is 0 Å². The zero-order valence-electron chi connectivity index (χ0n) is 11.6. The molecule has 4 heteroatoms. The molecular formula is C15H23FN2O. The van der Waals surface area contributed by atoms with Crippen LogP contribution in [-0.4, -0.2) is 44.7 Å². The van der Waals surface area contributed by atoms with E-state index in [-0.39, 0.29) is 5.82 Å². The van der Waals surface area contributed by atoms with Crippen molar-refractivity contribution in [2.75, 3.05) is 39.8 Å². The highest BCUT2D eigenvalue weighted by Crippen LogP contribution is 2.16. The smallest absolute Gasteiger partial charge is 0.123 e. The first-order valence-electron chi connectivity index (χ1n) is 7.03. The molecule has 0 spiro atoms. The summed E-state index contributed by atoms with van der Waals surface area (Å²) in [7, 11) is 2.02. The fraction of sp³-hybridized carbons (Fsp3) is 0.600. The highest BCUT2D eigenvalue weighted by Gasteiger charge is 2.18. The molecule has 106 valence electrons. The lowest BCUT2D eigenvalue weighted by Crippen LogP contribution is -2.38. The van der Waals surface area contributed by atoms with E-state index in [2.05, 4.69) is 10.2 Å². The standard InChI is InChI=1S/C15H23FN2O/c1-17-12-13-6-8-18(9-7-13)10-11-19-15-4-2-14(16)3-5-15/h2-5,13,17H,6-12H2,1H3. The molecule has 1 aromatic carbocycles. The molecule has 1 aromatic rings. The van der Waals surface area contributed by atoms with Crippen LogP contribution in [-0.2, 0) is 0 Å². The van der Waals surface area contributed by atoms with E-state index >= 15 is 0 Å². The van der Waals surface area contributed by atoms with E-state index in [4.69, 9.17) is 4.74 Å². The van der Waals surface area contributed by atoms with E-state index < -0.39 is 0 Å². The predicted octanol–water partition coefficient (Wildman–Crippen LogP) is 2.14. The van der Waals surface area contributed by atoms with E-state index in [1.54, 1.807) is 12.1 Å².